The minimum atomic E-state index is -0.511. The minimum absolute atomic E-state index is 0.0250. The van der Waals surface area contributed by atoms with E-state index in [0.717, 1.165) is 12.1 Å². The number of amides is 1. The van der Waals surface area contributed by atoms with Crippen molar-refractivity contribution in [1.29, 1.82) is 0 Å². The van der Waals surface area contributed by atoms with Crippen molar-refractivity contribution in [3.05, 3.63) is 58.8 Å². The zero-order valence-electron chi connectivity index (χ0n) is 17.1. The Hall–Kier alpha value is -3.10. The molecule has 3 heterocycles. The van der Waals surface area contributed by atoms with Crippen molar-refractivity contribution >= 4 is 28.9 Å². The number of pyridine rings is 1. The maximum Gasteiger partial charge on any atom is 0.255 e. The number of anilines is 2. The monoisotopic (exact) mass is 444 g/mol. The second kappa shape index (κ2) is 8.95. The first-order valence-corrected chi connectivity index (χ1v) is 10.1. The second-order valence-electron chi connectivity index (χ2n) is 7.15. The first kappa shape index (κ1) is 21.1. The van der Waals surface area contributed by atoms with Gasteiger partial charge in [-0.2, -0.15) is 0 Å². The molecule has 0 bridgehead atoms. The van der Waals surface area contributed by atoms with Crippen LogP contribution in [0.1, 0.15) is 28.4 Å². The second-order valence-corrected chi connectivity index (χ2v) is 7.56. The van der Waals surface area contributed by atoms with Crippen LogP contribution in [-0.2, 0) is 4.74 Å². The molecule has 9 heteroatoms. The van der Waals surface area contributed by atoms with Gasteiger partial charge in [0.2, 0.25) is 0 Å². The summed E-state index contributed by atoms with van der Waals surface area (Å²) in [6.07, 6.45) is 3.87. The molecule has 3 N–H and O–H groups in total. The molecule has 0 fully saturated rings. The van der Waals surface area contributed by atoms with Crippen LogP contribution in [-0.4, -0.2) is 43.2 Å². The fourth-order valence-corrected chi connectivity index (χ4v) is 4.04. The molecule has 1 aromatic carbocycles. The number of rotatable bonds is 7. The maximum atomic E-state index is 14.3. The highest BCUT2D eigenvalue weighted by Crippen LogP contribution is 2.43. The molecule has 0 saturated heterocycles. The quantitative estimate of drug-likeness (QED) is 0.500. The van der Waals surface area contributed by atoms with Gasteiger partial charge < -0.3 is 25.1 Å². The first-order chi connectivity index (χ1) is 15.0. The summed E-state index contributed by atoms with van der Waals surface area (Å²) in [5.41, 5.74) is 3.41. The van der Waals surface area contributed by atoms with Crippen LogP contribution in [0.25, 0.3) is 11.3 Å². The maximum absolute atomic E-state index is 14.3. The Bertz CT molecular complexity index is 1120. The number of nitrogens with zero attached hydrogens (tertiary/aromatic N) is 1. The Labute approximate surface area is 183 Å². The highest BCUT2D eigenvalue weighted by atomic mass is 35.5. The number of H-pyrrole nitrogens is 1. The van der Waals surface area contributed by atoms with E-state index < -0.39 is 5.82 Å². The third kappa shape index (κ3) is 3.96. The van der Waals surface area contributed by atoms with Crippen molar-refractivity contribution in [1.82, 2.24) is 15.3 Å². The number of nitrogens with one attached hydrogen (secondary N) is 3. The Kier molecular flexibility index (Phi) is 6.11. The van der Waals surface area contributed by atoms with E-state index in [4.69, 9.17) is 21.1 Å². The summed E-state index contributed by atoms with van der Waals surface area (Å²) in [7, 11) is 3.03. The van der Waals surface area contributed by atoms with Gasteiger partial charge in [-0.25, -0.2) is 4.39 Å². The lowest BCUT2D eigenvalue weighted by Gasteiger charge is -2.23. The lowest BCUT2D eigenvalue weighted by molar-refractivity contribution is 0.0935. The van der Waals surface area contributed by atoms with Gasteiger partial charge in [0.15, 0.2) is 11.6 Å². The van der Waals surface area contributed by atoms with Crippen LogP contribution in [0.15, 0.2) is 36.7 Å². The molecule has 7 nitrogen and oxygen atoms in total. The third-order valence-electron chi connectivity index (χ3n) is 5.32. The summed E-state index contributed by atoms with van der Waals surface area (Å²) in [6, 6.07) is 6.32. The first-order valence-electron chi connectivity index (χ1n) is 9.77. The molecule has 0 saturated carbocycles. The van der Waals surface area contributed by atoms with E-state index in [0.29, 0.717) is 46.4 Å². The van der Waals surface area contributed by atoms with Gasteiger partial charge in [-0.3, -0.25) is 9.78 Å². The van der Waals surface area contributed by atoms with E-state index in [-0.39, 0.29) is 17.6 Å². The van der Waals surface area contributed by atoms with Crippen molar-refractivity contribution in [2.45, 2.75) is 12.3 Å². The summed E-state index contributed by atoms with van der Waals surface area (Å²) < 4.78 is 24.8. The number of hydrogen-bond acceptors (Lipinski definition) is 5. The molecule has 2 aromatic heterocycles. The van der Waals surface area contributed by atoms with Gasteiger partial charge in [-0.05, 0) is 24.6 Å². The van der Waals surface area contributed by atoms with E-state index in [1.165, 1.54) is 19.4 Å². The average molecular weight is 445 g/mol. The molecule has 4 rings (SSSR count). The number of methoxy groups -OCH3 is 2. The van der Waals surface area contributed by atoms with Crippen molar-refractivity contribution in [2.75, 3.05) is 32.7 Å². The van der Waals surface area contributed by atoms with E-state index in [1.807, 2.05) is 0 Å². The average Bonchev–Trinajstić information content (AvgIpc) is 3.14. The van der Waals surface area contributed by atoms with Crippen molar-refractivity contribution < 1.29 is 18.7 Å². The van der Waals surface area contributed by atoms with Gasteiger partial charge in [-0.1, -0.05) is 17.7 Å². The van der Waals surface area contributed by atoms with Gasteiger partial charge in [-0.15, -0.1) is 0 Å². The van der Waals surface area contributed by atoms with Crippen molar-refractivity contribution in [3.8, 4) is 17.0 Å². The molecule has 1 amide bonds. The fraction of sp³-hybridized carbons (Fsp3) is 0.273. The molecule has 162 valence electrons. The number of halogens is 2. The summed E-state index contributed by atoms with van der Waals surface area (Å²) in [5.74, 6) is -0.662. The van der Waals surface area contributed by atoms with Gasteiger partial charge in [0, 0.05) is 49.8 Å². The molecule has 1 atom stereocenters. The van der Waals surface area contributed by atoms with Crippen LogP contribution >= 0.6 is 11.6 Å². The number of aromatic amines is 1. The van der Waals surface area contributed by atoms with E-state index >= 15 is 0 Å². The summed E-state index contributed by atoms with van der Waals surface area (Å²) in [5, 5.41) is 6.56. The highest BCUT2D eigenvalue weighted by Gasteiger charge is 2.33. The van der Waals surface area contributed by atoms with Crippen LogP contribution in [0.2, 0.25) is 5.02 Å². The van der Waals surface area contributed by atoms with Crippen LogP contribution in [0.4, 0.5) is 15.8 Å². The molecule has 0 spiro atoms. The van der Waals surface area contributed by atoms with E-state index in [1.54, 1.807) is 31.5 Å². The highest BCUT2D eigenvalue weighted by molar-refractivity contribution is 6.33. The molecular weight excluding hydrogens is 423 g/mol. The third-order valence-corrected chi connectivity index (χ3v) is 5.62. The van der Waals surface area contributed by atoms with Gasteiger partial charge in [0.05, 0.1) is 34.8 Å². The summed E-state index contributed by atoms with van der Waals surface area (Å²) >= 11 is 6.42. The zero-order valence-corrected chi connectivity index (χ0v) is 17.8. The number of hydrogen-bond donors (Lipinski definition) is 3. The van der Waals surface area contributed by atoms with Gasteiger partial charge >= 0.3 is 0 Å². The summed E-state index contributed by atoms with van der Waals surface area (Å²) in [6.45, 7) is 1.03. The van der Waals surface area contributed by atoms with Crippen LogP contribution in [0.3, 0.4) is 0 Å². The largest absolute Gasteiger partial charge is 0.492 e. The Morgan fingerprint density at radius 1 is 1.32 bits per heavy atom. The van der Waals surface area contributed by atoms with E-state index in [2.05, 4.69) is 20.6 Å². The number of benzene rings is 1. The number of ether oxygens (including phenoxy) is 2. The standard InChI is InChI=1S/C22H22ClFN4O3/c1-30-9-7-12-10-26-22(29)17-18(12)28-19(13-6-8-25-11-14(13)23)20(17)27-16-5-3-4-15(24)21(16)31-2/h3-6,8,11-12,27-28H,7,9-10H2,1-2H3,(H,26,29)/t12-/m0/s1. The predicted molar refractivity (Wildman–Crippen MR) is 117 cm³/mol. The zero-order chi connectivity index (χ0) is 22.0. The predicted octanol–water partition coefficient (Wildman–Crippen LogP) is 4.48. The molecule has 31 heavy (non-hydrogen) atoms. The molecule has 3 aromatic rings. The van der Waals surface area contributed by atoms with Gasteiger partial charge in [0.1, 0.15) is 0 Å². The lowest BCUT2D eigenvalue weighted by atomic mass is 9.94. The summed E-state index contributed by atoms with van der Waals surface area (Å²) in [4.78, 5) is 20.4. The molecular formula is C22H22ClFN4O3. The molecule has 0 radical (unpaired) electrons. The van der Waals surface area contributed by atoms with Crippen molar-refractivity contribution in [2.24, 2.45) is 0 Å². The lowest BCUT2D eigenvalue weighted by Crippen LogP contribution is -2.35. The SMILES string of the molecule is COCC[C@H]1CNC(=O)c2c1[nH]c(-c1ccncc1Cl)c2Nc1cccc(F)c1OC. The normalized spacial score (nSPS) is 15.4. The Balaban J connectivity index is 1.90. The number of fused-ring (bicyclic) bond motifs is 1. The Morgan fingerprint density at radius 2 is 2.16 bits per heavy atom. The Morgan fingerprint density at radius 3 is 2.90 bits per heavy atom. The minimum Gasteiger partial charge on any atom is -0.492 e. The van der Waals surface area contributed by atoms with Crippen LogP contribution in [0.5, 0.6) is 5.75 Å². The number of carbonyl (C=O) groups excluding carboxylic acids is 1. The van der Waals surface area contributed by atoms with Gasteiger partial charge in [0.25, 0.3) is 5.91 Å². The smallest absolute Gasteiger partial charge is 0.255 e. The van der Waals surface area contributed by atoms with Crippen LogP contribution < -0.4 is 15.4 Å². The number of aromatic nitrogens is 2. The number of para-hydroxylation sites is 1. The van der Waals surface area contributed by atoms with Crippen LogP contribution in [0, 0.1) is 5.82 Å². The number of carbonyl (C=O) groups is 1. The van der Waals surface area contributed by atoms with E-state index in [9.17, 15) is 9.18 Å². The topological polar surface area (TPSA) is 88.3 Å². The van der Waals surface area contributed by atoms with Crippen molar-refractivity contribution in [3.63, 3.8) is 0 Å². The molecule has 1 aliphatic rings. The fourth-order valence-electron chi connectivity index (χ4n) is 3.83. The molecule has 0 unspecified atom stereocenters. The molecule has 0 aliphatic carbocycles. The molecule has 1 aliphatic heterocycles.